The normalized spacial score (nSPS) is 9.30. The molecule has 0 bridgehead atoms. The fraction of sp³-hybridized carbons (Fsp3) is 0. The molecule has 0 aliphatic rings. The average molecular weight is 222 g/mol. The van der Waals surface area contributed by atoms with Crippen molar-refractivity contribution in [2.75, 3.05) is 0 Å². The van der Waals surface area contributed by atoms with Crippen molar-refractivity contribution in [3.63, 3.8) is 0 Å². The molecule has 0 aliphatic heterocycles. The molecule has 0 unspecified atom stereocenters. The molecule has 62 valence electrons. The first-order valence-electron chi connectivity index (χ1n) is 1.35. The summed E-state index contributed by atoms with van der Waals surface area (Å²) in [5.74, 6) is 0. The fourth-order valence-electron chi connectivity index (χ4n) is 0. The SMILES string of the molecule is O=S(=O)(O)O.O=[PH](O)O.[CaH2]. The van der Waals surface area contributed by atoms with Crippen molar-refractivity contribution in [3.05, 3.63) is 0 Å². The van der Waals surface area contributed by atoms with E-state index in [2.05, 4.69) is 0 Å². The van der Waals surface area contributed by atoms with E-state index in [0.29, 0.717) is 0 Å². The Kier molecular flexibility index (Phi) is 14.6. The van der Waals surface area contributed by atoms with Crippen molar-refractivity contribution in [2.24, 2.45) is 0 Å². The van der Waals surface area contributed by atoms with E-state index in [1.54, 1.807) is 0 Å². The molecule has 0 fully saturated rings. The topological polar surface area (TPSA) is 132 Å². The summed E-state index contributed by atoms with van der Waals surface area (Å²) in [6.45, 7) is 0. The van der Waals surface area contributed by atoms with Gasteiger partial charge in [0.05, 0.1) is 0 Å². The van der Waals surface area contributed by atoms with E-state index in [9.17, 15) is 0 Å². The molecule has 10 heavy (non-hydrogen) atoms. The summed E-state index contributed by atoms with van der Waals surface area (Å²) < 4.78 is 40.3. The molecule has 0 spiro atoms. The summed E-state index contributed by atoms with van der Waals surface area (Å²) in [4.78, 5) is 14.3. The maximum atomic E-state index is 8.74. The van der Waals surface area contributed by atoms with Gasteiger partial charge in [0.15, 0.2) is 0 Å². The molecule has 0 saturated heterocycles. The van der Waals surface area contributed by atoms with Gasteiger partial charge < -0.3 is 9.79 Å². The molecule has 0 aromatic rings. The third kappa shape index (κ3) is 388. The van der Waals surface area contributed by atoms with Crippen molar-refractivity contribution in [3.8, 4) is 0 Å². The van der Waals surface area contributed by atoms with Crippen LogP contribution in [-0.4, -0.2) is 65.0 Å². The molecule has 0 amide bonds. The minimum atomic E-state index is -4.67. The van der Waals surface area contributed by atoms with Gasteiger partial charge in [-0.1, -0.05) is 0 Å². The number of hydrogen-bond acceptors (Lipinski definition) is 3. The Morgan fingerprint density at radius 3 is 1.10 bits per heavy atom. The van der Waals surface area contributed by atoms with Crippen LogP contribution in [0.15, 0.2) is 0 Å². The second-order valence-corrected chi connectivity index (χ2v) is 2.19. The quantitative estimate of drug-likeness (QED) is 0.207. The summed E-state index contributed by atoms with van der Waals surface area (Å²) in [6.07, 6.45) is 0. The molecule has 0 radical (unpaired) electrons. The summed E-state index contributed by atoms with van der Waals surface area (Å²) in [6, 6.07) is 0. The number of hydrogen-bond donors (Lipinski definition) is 4. The Labute approximate surface area is 87.6 Å². The first-order chi connectivity index (χ1) is 3.73. The Morgan fingerprint density at radius 2 is 1.10 bits per heavy atom. The summed E-state index contributed by atoms with van der Waals surface area (Å²) >= 11 is 0. The Balaban J connectivity index is -0.0000000910. The van der Waals surface area contributed by atoms with E-state index < -0.39 is 18.7 Å². The third-order valence-electron chi connectivity index (χ3n) is 0. The minimum absolute atomic E-state index is 0. The summed E-state index contributed by atoms with van der Waals surface area (Å²) in [5, 5.41) is 0. The summed E-state index contributed by atoms with van der Waals surface area (Å²) in [7, 11) is -7.80. The van der Waals surface area contributed by atoms with Crippen LogP contribution in [-0.2, 0) is 15.0 Å². The average Bonchev–Trinajstić information content (AvgIpc) is 1.19. The standard InChI is InChI=1S/Ca.H2O4S.H3O3P.2H/c;1-5(2,3)4;1-4(2)3;;/h;(H2,1,2,3,4);4H,(H2,1,2,3);;. The van der Waals surface area contributed by atoms with Crippen molar-refractivity contribution < 1.29 is 31.9 Å². The van der Waals surface area contributed by atoms with E-state index >= 15 is 0 Å². The van der Waals surface area contributed by atoms with Crippen LogP contribution in [0.25, 0.3) is 0 Å². The Morgan fingerprint density at radius 1 is 1.10 bits per heavy atom. The van der Waals surface area contributed by atoms with Gasteiger partial charge in [-0.3, -0.25) is 13.7 Å². The van der Waals surface area contributed by atoms with Crippen LogP contribution in [0, 0.1) is 0 Å². The van der Waals surface area contributed by atoms with Gasteiger partial charge in [-0.15, -0.1) is 0 Å². The molecule has 10 heteroatoms. The van der Waals surface area contributed by atoms with Crippen LogP contribution >= 0.6 is 8.25 Å². The molecule has 0 aromatic heterocycles. The molecule has 4 N–H and O–H groups in total. The van der Waals surface area contributed by atoms with Crippen molar-refractivity contribution in [1.82, 2.24) is 0 Å². The Hall–Kier alpha value is 1.28. The van der Waals surface area contributed by atoms with Crippen LogP contribution in [0.4, 0.5) is 0 Å². The first-order valence-corrected chi connectivity index (χ1v) is 4.05. The molecule has 0 saturated carbocycles. The van der Waals surface area contributed by atoms with Crippen LogP contribution in [0.5, 0.6) is 0 Å². The van der Waals surface area contributed by atoms with Gasteiger partial charge >= 0.3 is 56.4 Å². The molecule has 7 nitrogen and oxygen atoms in total. The molecule has 0 aliphatic carbocycles. The molecular weight excluding hydrogens is 215 g/mol. The van der Waals surface area contributed by atoms with E-state index in [0.717, 1.165) is 0 Å². The van der Waals surface area contributed by atoms with Crippen LogP contribution < -0.4 is 0 Å². The van der Waals surface area contributed by atoms with Gasteiger partial charge in [0.1, 0.15) is 0 Å². The molecule has 0 atom stereocenters. The molecule has 0 aromatic carbocycles. The monoisotopic (exact) mass is 222 g/mol. The Bertz CT molecular complexity index is 156. The summed E-state index contributed by atoms with van der Waals surface area (Å²) in [5.41, 5.74) is 0. The van der Waals surface area contributed by atoms with Crippen molar-refractivity contribution >= 4 is 56.4 Å². The zero-order valence-electron chi connectivity index (χ0n) is 3.92. The van der Waals surface area contributed by atoms with Crippen LogP contribution in [0.1, 0.15) is 0 Å². The maximum absolute atomic E-state index is 8.74. The molecule has 0 heterocycles. The first kappa shape index (κ1) is 17.4. The molecular formula is H7CaO7PS. The van der Waals surface area contributed by atoms with Gasteiger partial charge in [0.2, 0.25) is 0 Å². The number of rotatable bonds is 0. The van der Waals surface area contributed by atoms with Crippen LogP contribution in [0.3, 0.4) is 0 Å². The van der Waals surface area contributed by atoms with E-state index in [1.165, 1.54) is 0 Å². The van der Waals surface area contributed by atoms with Gasteiger partial charge in [0.25, 0.3) is 0 Å². The van der Waals surface area contributed by atoms with Gasteiger partial charge in [-0.05, 0) is 0 Å². The van der Waals surface area contributed by atoms with Gasteiger partial charge in [0, 0.05) is 0 Å². The second kappa shape index (κ2) is 8.38. The van der Waals surface area contributed by atoms with Crippen LogP contribution in [0.2, 0.25) is 0 Å². The molecule has 0 rings (SSSR count). The predicted octanol–water partition coefficient (Wildman–Crippen LogP) is -2.21. The zero-order chi connectivity index (χ0) is 8.08. The van der Waals surface area contributed by atoms with Crippen molar-refractivity contribution in [2.45, 2.75) is 0 Å². The van der Waals surface area contributed by atoms with Gasteiger partial charge in [-0.25, -0.2) is 0 Å². The van der Waals surface area contributed by atoms with Crippen molar-refractivity contribution in [1.29, 1.82) is 0 Å². The van der Waals surface area contributed by atoms with E-state index in [4.69, 9.17) is 31.9 Å². The third-order valence-corrected chi connectivity index (χ3v) is 0. The predicted molar refractivity (Wildman–Crippen MR) is 36.2 cm³/mol. The fourth-order valence-corrected chi connectivity index (χ4v) is 0. The van der Waals surface area contributed by atoms with E-state index in [1.807, 2.05) is 0 Å². The van der Waals surface area contributed by atoms with E-state index in [-0.39, 0.29) is 37.7 Å². The second-order valence-electron chi connectivity index (χ2n) is 0.730. The zero-order valence-corrected chi connectivity index (χ0v) is 5.74. The van der Waals surface area contributed by atoms with Gasteiger partial charge in [-0.2, -0.15) is 8.42 Å².